The summed E-state index contributed by atoms with van der Waals surface area (Å²) >= 11 is 0. The largest absolute Gasteiger partial charge is 0.394 e. The molecule has 0 fully saturated rings. The third-order valence-corrected chi connectivity index (χ3v) is 1.96. The molecule has 0 aliphatic heterocycles. The van der Waals surface area contributed by atoms with Crippen LogP contribution in [0.4, 0.5) is 5.69 Å². The molecule has 0 aliphatic carbocycles. The first kappa shape index (κ1) is 11.5. The van der Waals surface area contributed by atoms with Crippen LogP contribution >= 0.6 is 0 Å². The molecule has 1 aromatic rings. The van der Waals surface area contributed by atoms with Gasteiger partial charge < -0.3 is 15.3 Å². The molecule has 6 nitrogen and oxygen atoms in total. The number of nitrogens with zero attached hydrogens (tertiary/aromatic N) is 3. The minimum Gasteiger partial charge on any atom is -0.394 e. The predicted molar refractivity (Wildman–Crippen MR) is 53.3 cm³/mol. The van der Waals surface area contributed by atoms with Gasteiger partial charge in [0.1, 0.15) is 12.2 Å². The van der Waals surface area contributed by atoms with Crippen molar-refractivity contribution in [2.45, 2.75) is 12.2 Å². The Morgan fingerprint density at radius 1 is 1.33 bits per heavy atom. The lowest BCUT2D eigenvalue weighted by Gasteiger charge is -2.17. The molecule has 1 aromatic carbocycles. The highest BCUT2D eigenvalue weighted by molar-refractivity contribution is 5.47. The van der Waals surface area contributed by atoms with E-state index in [9.17, 15) is 10.2 Å². The van der Waals surface area contributed by atoms with Crippen molar-refractivity contribution in [3.8, 4) is 0 Å². The van der Waals surface area contributed by atoms with E-state index in [1.807, 2.05) is 0 Å². The Bertz CT molecular complexity index is 377. The predicted octanol–water partition coefficient (Wildman–Crippen LogP) is 1.01. The third kappa shape index (κ3) is 2.68. The van der Waals surface area contributed by atoms with Crippen molar-refractivity contribution in [1.82, 2.24) is 0 Å². The monoisotopic (exact) mass is 209 g/mol. The molecule has 1 rings (SSSR count). The SMILES string of the molecule is [N-]=[N+]=Nc1ccccc1C(O)C(O)CO. The van der Waals surface area contributed by atoms with Crippen molar-refractivity contribution >= 4 is 5.69 Å². The summed E-state index contributed by atoms with van der Waals surface area (Å²) in [5.41, 5.74) is 8.81. The normalized spacial score (nSPS) is 14.1. The highest BCUT2D eigenvalue weighted by Crippen LogP contribution is 2.27. The quantitative estimate of drug-likeness (QED) is 0.391. The number of rotatable bonds is 4. The summed E-state index contributed by atoms with van der Waals surface area (Å²) in [6.07, 6.45) is -2.56. The Morgan fingerprint density at radius 3 is 2.60 bits per heavy atom. The van der Waals surface area contributed by atoms with Crippen molar-refractivity contribution in [2.75, 3.05) is 6.61 Å². The van der Waals surface area contributed by atoms with Crippen LogP contribution in [0.15, 0.2) is 29.4 Å². The second kappa shape index (κ2) is 5.33. The molecule has 0 aromatic heterocycles. The summed E-state index contributed by atoms with van der Waals surface area (Å²) < 4.78 is 0. The zero-order valence-corrected chi connectivity index (χ0v) is 7.85. The highest BCUT2D eigenvalue weighted by Gasteiger charge is 2.19. The summed E-state index contributed by atoms with van der Waals surface area (Å²) in [5, 5.41) is 30.9. The molecule has 0 aliphatic rings. The van der Waals surface area contributed by atoms with E-state index < -0.39 is 18.8 Å². The van der Waals surface area contributed by atoms with E-state index in [4.69, 9.17) is 10.6 Å². The fourth-order valence-corrected chi connectivity index (χ4v) is 1.18. The molecule has 2 atom stereocenters. The minimum absolute atomic E-state index is 0.236. The van der Waals surface area contributed by atoms with E-state index >= 15 is 0 Å². The summed E-state index contributed by atoms with van der Waals surface area (Å²) in [6, 6.07) is 6.32. The Balaban J connectivity index is 3.07. The topological polar surface area (TPSA) is 109 Å². The van der Waals surface area contributed by atoms with Crippen LogP contribution in [0, 0.1) is 0 Å². The van der Waals surface area contributed by atoms with Crippen LogP contribution in [-0.4, -0.2) is 28.0 Å². The van der Waals surface area contributed by atoms with Crippen molar-refractivity contribution in [3.63, 3.8) is 0 Å². The van der Waals surface area contributed by atoms with Gasteiger partial charge in [-0.1, -0.05) is 29.4 Å². The second-order valence-electron chi connectivity index (χ2n) is 2.94. The smallest absolute Gasteiger partial charge is 0.108 e. The van der Waals surface area contributed by atoms with Crippen LogP contribution in [0.25, 0.3) is 10.4 Å². The molecule has 6 heteroatoms. The Labute approximate surface area is 86.0 Å². The van der Waals surface area contributed by atoms with Gasteiger partial charge in [0.15, 0.2) is 0 Å². The number of benzene rings is 1. The molecule has 0 saturated heterocycles. The molecule has 0 spiro atoms. The number of aliphatic hydroxyl groups excluding tert-OH is 3. The fourth-order valence-electron chi connectivity index (χ4n) is 1.18. The van der Waals surface area contributed by atoms with Crippen molar-refractivity contribution in [2.24, 2.45) is 5.11 Å². The van der Waals surface area contributed by atoms with Crippen molar-refractivity contribution in [1.29, 1.82) is 0 Å². The fraction of sp³-hybridized carbons (Fsp3) is 0.333. The molecule has 0 radical (unpaired) electrons. The van der Waals surface area contributed by atoms with Gasteiger partial charge in [0, 0.05) is 10.6 Å². The molecular weight excluding hydrogens is 198 g/mol. The zero-order chi connectivity index (χ0) is 11.3. The van der Waals surface area contributed by atoms with Gasteiger partial charge in [-0.3, -0.25) is 0 Å². The molecule has 0 amide bonds. The molecule has 2 unspecified atom stereocenters. The first-order valence-electron chi connectivity index (χ1n) is 4.31. The second-order valence-corrected chi connectivity index (χ2v) is 2.94. The number of azide groups is 1. The van der Waals surface area contributed by atoms with Crippen molar-refractivity contribution in [3.05, 3.63) is 40.3 Å². The summed E-state index contributed by atoms with van der Waals surface area (Å²) in [7, 11) is 0. The molecule has 0 bridgehead atoms. The van der Waals surface area contributed by atoms with Crippen LogP contribution in [0.3, 0.4) is 0 Å². The zero-order valence-electron chi connectivity index (χ0n) is 7.85. The lowest BCUT2D eigenvalue weighted by Crippen LogP contribution is -2.22. The summed E-state index contributed by atoms with van der Waals surface area (Å²) in [6.45, 7) is -0.564. The maximum atomic E-state index is 9.60. The van der Waals surface area contributed by atoms with E-state index in [1.165, 1.54) is 12.1 Å². The molecule has 3 N–H and O–H groups in total. The van der Waals surface area contributed by atoms with Gasteiger partial charge in [-0.15, -0.1) is 0 Å². The molecular formula is C9H11N3O3. The number of aliphatic hydroxyl groups is 3. The Hall–Kier alpha value is -1.59. The van der Waals surface area contributed by atoms with E-state index in [1.54, 1.807) is 12.1 Å². The van der Waals surface area contributed by atoms with Crippen LogP contribution in [-0.2, 0) is 0 Å². The maximum absolute atomic E-state index is 9.60. The average Bonchev–Trinajstić information content (AvgIpc) is 2.28. The van der Waals surface area contributed by atoms with Crippen LogP contribution in [0.2, 0.25) is 0 Å². The van der Waals surface area contributed by atoms with Gasteiger partial charge in [-0.05, 0) is 11.1 Å². The average molecular weight is 209 g/mol. The molecule has 0 heterocycles. The van der Waals surface area contributed by atoms with E-state index in [-0.39, 0.29) is 11.3 Å². The van der Waals surface area contributed by atoms with Crippen LogP contribution in [0.1, 0.15) is 11.7 Å². The lowest BCUT2D eigenvalue weighted by atomic mass is 10.0. The van der Waals surface area contributed by atoms with Gasteiger partial charge in [-0.25, -0.2) is 0 Å². The maximum Gasteiger partial charge on any atom is 0.108 e. The Morgan fingerprint density at radius 2 is 2.00 bits per heavy atom. The summed E-state index contributed by atoms with van der Waals surface area (Å²) in [5.74, 6) is 0. The first-order valence-corrected chi connectivity index (χ1v) is 4.31. The lowest BCUT2D eigenvalue weighted by molar-refractivity contribution is -0.0149. The molecule has 80 valence electrons. The standard InChI is InChI=1S/C9H11N3O3/c10-12-11-7-4-2-1-3-6(7)9(15)8(14)5-13/h1-4,8-9,13-15H,5H2. The van der Waals surface area contributed by atoms with Gasteiger partial charge in [0.2, 0.25) is 0 Å². The van der Waals surface area contributed by atoms with E-state index in [2.05, 4.69) is 10.0 Å². The van der Waals surface area contributed by atoms with Gasteiger partial charge >= 0.3 is 0 Å². The third-order valence-electron chi connectivity index (χ3n) is 1.96. The van der Waals surface area contributed by atoms with E-state index in [0.717, 1.165) is 0 Å². The first-order chi connectivity index (χ1) is 7.20. The van der Waals surface area contributed by atoms with Crippen molar-refractivity contribution < 1.29 is 15.3 Å². The summed E-state index contributed by atoms with van der Waals surface area (Å²) in [4.78, 5) is 2.60. The number of hydrogen-bond acceptors (Lipinski definition) is 4. The van der Waals surface area contributed by atoms with Crippen LogP contribution in [0.5, 0.6) is 0 Å². The molecule has 0 saturated carbocycles. The van der Waals surface area contributed by atoms with E-state index in [0.29, 0.717) is 0 Å². The highest BCUT2D eigenvalue weighted by atomic mass is 16.4. The minimum atomic E-state index is -1.29. The molecule has 15 heavy (non-hydrogen) atoms. The van der Waals surface area contributed by atoms with Crippen LogP contribution < -0.4 is 0 Å². The van der Waals surface area contributed by atoms with Gasteiger partial charge in [0.05, 0.1) is 6.61 Å². The number of hydrogen-bond donors (Lipinski definition) is 3. The van der Waals surface area contributed by atoms with Gasteiger partial charge in [0.25, 0.3) is 0 Å². The van der Waals surface area contributed by atoms with Gasteiger partial charge in [-0.2, -0.15) is 0 Å². The Kier molecular flexibility index (Phi) is 4.08.